The smallest absolute Gasteiger partial charge is 0.348 e. The first-order chi connectivity index (χ1) is 12.6. The maximum absolute atomic E-state index is 12.8. The number of carbonyl (C=O) groups excluding carboxylic acids is 2. The van der Waals surface area contributed by atoms with Crippen molar-refractivity contribution in [1.82, 2.24) is 10.3 Å². The summed E-state index contributed by atoms with van der Waals surface area (Å²) in [5.41, 5.74) is 1.67. The molecule has 0 aliphatic heterocycles. The Hall–Kier alpha value is -3.06. The molecule has 1 amide bonds. The lowest BCUT2D eigenvalue weighted by Crippen LogP contribution is -2.28. The van der Waals surface area contributed by atoms with Crippen molar-refractivity contribution >= 4 is 23.2 Å². The van der Waals surface area contributed by atoms with E-state index in [1.54, 1.807) is 30.6 Å². The van der Waals surface area contributed by atoms with Crippen LogP contribution in [0, 0.1) is 5.82 Å². The van der Waals surface area contributed by atoms with E-state index in [1.807, 2.05) is 18.2 Å². The molecule has 0 unspecified atom stereocenters. The molecule has 0 saturated carbocycles. The van der Waals surface area contributed by atoms with E-state index in [0.29, 0.717) is 4.88 Å². The maximum Gasteiger partial charge on any atom is 0.348 e. The molecule has 26 heavy (non-hydrogen) atoms. The number of esters is 1. The van der Waals surface area contributed by atoms with Gasteiger partial charge >= 0.3 is 5.97 Å². The molecule has 0 aliphatic carbocycles. The van der Waals surface area contributed by atoms with E-state index in [0.717, 1.165) is 16.0 Å². The van der Waals surface area contributed by atoms with Crippen LogP contribution in [0.4, 0.5) is 4.39 Å². The Morgan fingerprint density at radius 2 is 1.92 bits per heavy atom. The number of thiophene rings is 1. The molecule has 1 N–H and O–H groups in total. The third kappa shape index (κ3) is 4.73. The first-order valence-corrected chi connectivity index (χ1v) is 8.62. The number of halogens is 1. The van der Waals surface area contributed by atoms with Gasteiger partial charge in [-0.05, 0) is 35.9 Å². The van der Waals surface area contributed by atoms with Crippen LogP contribution in [0.1, 0.15) is 15.2 Å². The van der Waals surface area contributed by atoms with E-state index in [2.05, 4.69) is 10.3 Å². The quantitative estimate of drug-likeness (QED) is 0.675. The molecule has 1 aromatic carbocycles. The first kappa shape index (κ1) is 17.8. The van der Waals surface area contributed by atoms with Gasteiger partial charge in [0.15, 0.2) is 6.61 Å². The zero-order chi connectivity index (χ0) is 18.4. The Bertz CT molecular complexity index is 895. The van der Waals surface area contributed by atoms with Crippen LogP contribution in [0.5, 0.6) is 0 Å². The second-order valence-corrected chi connectivity index (χ2v) is 6.47. The molecule has 0 saturated heterocycles. The average molecular weight is 370 g/mol. The van der Waals surface area contributed by atoms with Gasteiger partial charge in [-0.15, -0.1) is 11.3 Å². The van der Waals surface area contributed by atoms with Crippen molar-refractivity contribution in [2.45, 2.75) is 6.54 Å². The van der Waals surface area contributed by atoms with Crippen LogP contribution in [0.2, 0.25) is 0 Å². The topological polar surface area (TPSA) is 68.3 Å². The van der Waals surface area contributed by atoms with Gasteiger partial charge in [-0.2, -0.15) is 0 Å². The lowest BCUT2D eigenvalue weighted by atomic mass is 10.2. The third-order valence-electron chi connectivity index (χ3n) is 3.49. The summed E-state index contributed by atoms with van der Waals surface area (Å²) in [6.45, 7) is -0.138. The van der Waals surface area contributed by atoms with Crippen LogP contribution in [0.25, 0.3) is 10.4 Å². The van der Waals surface area contributed by atoms with Crippen molar-refractivity contribution in [2.24, 2.45) is 0 Å². The van der Waals surface area contributed by atoms with Crippen LogP contribution >= 0.6 is 11.3 Å². The fraction of sp³-hybridized carbons (Fsp3) is 0.105. The van der Waals surface area contributed by atoms with Crippen molar-refractivity contribution in [2.75, 3.05) is 6.61 Å². The molecule has 2 aromatic heterocycles. The molecule has 0 fully saturated rings. The minimum atomic E-state index is -0.554. The summed E-state index contributed by atoms with van der Waals surface area (Å²) in [5, 5.41) is 2.61. The highest BCUT2D eigenvalue weighted by atomic mass is 32.1. The Kier molecular flexibility index (Phi) is 5.70. The molecule has 0 spiro atoms. The van der Waals surface area contributed by atoms with E-state index < -0.39 is 11.9 Å². The van der Waals surface area contributed by atoms with Crippen molar-refractivity contribution in [1.29, 1.82) is 0 Å². The summed E-state index contributed by atoms with van der Waals surface area (Å²) in [5.74, 6) is -1.32. The van der Waals surface area contributed by atoms with Crippen LogP contribution in [-0.4, -0.2) is 23.5 Å². The van der Waals surface area contributed by atoms with Crippen LogP contribution < -0.4 is 5.32 Å². The number of rotatable bonds is 6. The number of nitrogens with zero attached hydrogens (tertiary/aromatic N) is 1. The van der Waals surface area contributed by atoms with Crippen LogP contribution in [-0.2, 0) is 16.1 Å². The average Bonchev–Trinajstić information content (AvgIpc) is 3.17. The molecule has 0 bridgehead atoms. The summed E-state index contributed by atoms with van der Waals surface area (Å²) >= 11 is 1.28. The molecule has 0 aliphatic rings. The van der Waals surface area contributed by atoms with Gasteiger partial charge < -0.3 is 10.1 Å². The molecule has 0 atom stereocenters. The molecule has 132 valence electrons. The van der Waals surface area contributed by atoms with Gasteiger partial charge in [-0.25, -0.2) is 9.18 Å². The Labute approximate surface area is 153 Å². The molecule has 2 heterocycles. The second-order valence-electron chi connectivity index (χ2n) is 5.38. The van der Waals surface area contributed by atoms with E-state index in [-0.39, 0.29) is 19.0 Å². The maximum atomic E-state index is 12.8. The van der Waals surface area contributed by atoms with Gasteiger partial charge in [-0.3, -0.25) is 9.78 Å². The highest BCUT2D eigenvalue weighted by Gasteiger charge is 2.13. The first-order valence-electron chi connectivity index (χ1n) is 7.80. The molecule has 7 heteroatoms. The number of hydrogen-bond acceptors (Lipinski definition) is 5. The van der Waals surface area contributed by atoms with E-state index in [1.165, 1.54) is 23.5 Å². The summed E-state index contributed by atoms with van der Waals surface area (Å²) in [6.07, 6.45) is 3.39. The summed E-state index contributed by atoms with van der Waals surface area (Å²) in [6, 6.07) is 13.0. The van der Waals surface area contributed by atoms with Crippen LogP contribution in [0.3, 0.4) is 0 Å². The summed E-state index contributed by atoms with van der Waals surface area (Å²) in [7, 11) is 0. The van der Waals surface area contributed by atoms with Crippen molar-refractivity contribution in [3.63, 3.8) is 0 Å². The van der Waals surface area contributed by atoms with E-state index in [4.69, 9.17) is 4.74 Å². The summed E-state index contributed by atoms with van der Waals surface area (Å²) < 4.78 is 17.8. The predicted molar refractivity (Wildman–Crippen MR) is 96.1 cm³/mol. The third-order valence-corrected chi connectivity index (χ3v) is 4.60. The monoisotopic (exact) mass is 370 g/mol. The van der Waals surface area contributed by atoms with Crippen molar-refractivity contribution < 1.29 is 18.7 Å². The van der Waals surface area contributed by atoms with E-state index >= 15 is 0 Å². The summed E-state index contributed by atoms with van der Waals surface area (Å²) in [4.78, 5) is 29.2. The molecule has 5 nitrogen and oxygen atoms in total. The number of hydrogen-bond donors (Lipinski definition) is 1. The number of carbonyl (C=O) groups is 2. The molecular weight excluding hydrogens is 355 g/mol. The van der Waals surface area contributed by atoms with Crippen LogP contribution in [0.15, 0.2) is 60.9 Å². The normalized spacial score (nSPS) is 10.3. The fourth-order valence-corrected chi connectivity index (χ4v) is 3.06. The number of nitrogens with one attached hydrogen (secondary N) is 1. The fourth-order valence-electron chi connectivity index (χ4n) is 2.17. The number of aromatic nitrogens is 1. The number of benzene rings is 1. The van der Waals surface area contributed by atoms with E-state index in [9.17, 15) is 14.0 Å². The molecule has 3 rings (SSSR count). The lowest BCUT2D eigenvalue weighted by Gasteiger charge is -2.06. The minimum Gasteiger partial charge on any atom is -0.451 e. The number of pyridine rings is 1. The second kappa shape index (κ2) is 8.35. The SMILES string of the molecule is O=C(COC(=O)c1ccc(-c2cccnc2)s1)NCc1ccc(F)cc1. The Morgan fingerprint density at radius 1 is 1.12 bits per heavy atom. The van der Waals surface area contributed by atoms with Gasteiger partial charge in [0.25, 0.3) is 5.91 Å². The van der Waals surface area contributed by atoms with Gasteiger partial charge in [0.2, 0.25) is 0 Å². The number of ether oxygens (including phenoxy) is 1. The standard InChI is InChI=1S/C19H15FN2O3S/c20-15-5-3-13(4-6-15)10-22-18(23)12-25-19(24)17-8-7-16(26-17)14-2-1-9-21-11-14/h1-9,11H,10,12H2,(H,22,23). The van der Waals surface area contributed by atoms with Gasteiger partial charge in [0, 0.05) is 29.4 Å². The van der Waals surface area contributed by atoms with Gasteiger partial charge in [-0.1, -0.05) is 18.2 Å². The van der Waals surface area contributed by atoms with Crippen molar-refractivity contribution in [3.05, 3.63) is 77.2 Å². The molecule has 0 radical (unpaired) electrons. The van der Waals surface area contributed by atoms with Gasteiger partial charge in [0.05, 0.1) is 0 Å². The lowest BCUT2D eigenvalue weighted by molar-refractivity contribution is -0.124. The largest absolute Gasteiger partial charge is 0.451 e. The zero-order valence-corrected chi connectivity index (χ0v) is 14.5. The minimum absolute atomic E-state index is 0.237. The van der Waals surface area contributed by atoms with Crippen molar-refractivity contribution in [3.8, 4) is 10.4 Å². The predicted octanol–water partition coefficient (Wildman–Crippen LogP) is 3.42. The molecule has 3 aromatic rings. The Morgan fingerprint density at radius 3 is 2.65 bits per heavy atom. The Balaban J connectivity index is 1.48. The highest BCUT2D eigenvalue weighted by Crippen LogP contribution is 2.27. The van der Waals surface area contributed by atoms with Gasteiger partial charge in [0.1, 0.15) is 10.7 Å². The highest BCUT2D eigenvalue weighted by molar-refractivity contribution is 7.17. The molecular formula is C19H15FN2O3S. The zero-order valence-electron chi connectivity index (χ0n) is 13.6. The number of amides is 1.